The average Bonchev–Trinajstić information content (AvgIpc) is 3.22. The molecule has 1 aromatic rings. The fourth-order valence-electron chi connectivity index (χ4n) is 4.54. The lowest BCUT2D eigenvalue weighted by Gasteiger charge is -2.29. The summed E-state index contributed by atoms with van der Waals surface area (Å²) in [7, 11) is 1.72. The van der Waals surface area contributed by atoms with Gasteiger partial charge in [-0.2, -0.15) is 0 Å². The van der Waals surface area contributed by atoms with Gasteiger partial charge in [-0.05, 0) is 44.3 Å². The zero-order valence-corrected chi connectivity index (χ0v) is 16.2. The Labute approximate surface area is 158 Å². The van der Waals surface area contributed by atoms with Crippen LogP contribution in [0.15, 0.2) is 24.3 Å². The molecule has 1 unspecified atom stereocenters. The van der Waals surface area contributed by atoms with Gasteiger partial charge in [0.15, 0.2) is 0 Å². The van der Waals surface area contributed by atoms with Crippen molar-refractivity contribution in [2.45, 2.75) is 63.8 Å². The molecule has 144 valence electrons. The number of ether oxygens (including phenoxy) is 1. The number of amides is 1. The minimum absolute atomic E-state index is 0.201. The van der Waals surface area contributed by atoms with Crippen molar-refractivity contribution in [3.05, 3.63) is 29.8 Å². The molecule has 1 aromatic carbocycles. The van der Waals surface area contributed by atoms with E-state index in [2.05, 4.69) is 22.3 Å². The van der Waals surface area contributed by atoms with Crippen molar-refractivity contribution in [2.24, 2.45) is 5.92 Å². The first-order valence-electron chi connectivity index (χ1n) is 10.4. The van der Waals surface area contributed by atoms with Crippen LogP contribution in [0.4, 0.5) is 0 Å². The normalized spacial score (nSPS) is 20.0. The Balaban J connectivity index is 1.56. The molecule has 1 aliphatic heterocycles. The van der Waals surface area contributed by atoms with E-state index < -0.39 is 0 Å². The highest BCUT2D eigenvalue weighted by Crippen LogP contribution is 2.31. The number of hydrogen-bond acceptors (Lipinski definition) is 3. The van der Waals surface area contributed by atoms with E-state index in [9.17, 15) is 4.79 Å². The Morgan fingerprint density at radius 2 is 1.88 bits per heavy atom. The molecule has 4 nitrogen and oxygen atoms in total. The van der Waals surface area contributed by atoms with Gasteiger partial charge in [0.1, 0.15) is 5.75 Å². The van der Waals surface area contributed by atoms with Gasteiger partial charge in [-0.1, -0.05) is 50.3 Å². The zero-order valence-electron chi connectivity index (χ0n) is 16.2. The average molecular weight is 359 g/mol. The predicted molar refractivity (Wildman–Crippen MR) is 105 cm³/mol. The van der Waals surface area contributed by atoms with E-state index in [1.54, 1.807) is 7.11 Å². The van der Waals surface area contributed by atoms with Crippen molar-refractivity contribution in [3.63, 3.8) is 0 Å². The summed E-state index contributed by atoms with van der Waals surface area (Å²) in [6.07, 6.45) is 10.9. The number of hydrogen-bond donors (Lipinski definition) is 1. The Morgan fingerprint density at radius 3 is 2.62 bits per heavy atom. The topological polar surface area (TPSA) is 41.6 Å². The Kier molecular flexibility index (Phi) is 7.36. The molecule has 0 radical (unpaired) electrons. The van der Waals surface area contributed by atoms with E-state index in [0.29, 0.717) is 13.0 Å². The van der Waals surface area contributed by atoms with Gasteiger partial charge < -0.3 is 10.1 Å². The minimum Gasteiger partial charge on any atom is -0.496 e. The van der Waals surface area contributed by atoms with E-state index in [-0.39, 0.29) is 11.9 Å². The van der Waals surface area contributed by atoms with Gasteiger partial charge in [0, 0.05) is 18.5 Å². The number of nitrogens with zero attached hydrogens (tertiary/aromatic N) is 1. The van der Waals surface area contributed by atoms with Crippen LogP contribution in [0.25, 0.3) is 0 Å². The molecule has 2 fully saturated rings. The summed E-state index contributed by atoms with van der Waals surface area (Å²) in [4.78, 5) is 14.9. The molecule has 1 saturated carbocycles. The molecule has 1 heterocycles. The lowest BCUT2D eigenvalue weighted by Crippen LogP contribution is -2.37. The lowest BCUT2D eigenvalue weighted by atomic mass is 9.86. The first-order valence-corrected chi connectivity index (χ1v) is 10.4. The number of para-hydroxylation sites is 1. The fraction of sp³-hybridized carbons (Fsp3) is 0.682. The lowest BCUT2D eigenvalue weighted by molar-refractivity contribution is -0.121. The largest absolute Gasteiger partial charge is 0.496 e. The van der Waals surface area contributed by atoms with Gasteiger partial charge in [0.25, 0.3) is 0 Å². The fourth-order valence-corrected chi connectivity index (χ4v) is 4.54. The van der Waals surface area contributed by atoms with Gasteiger partial charge in [0.05, 0.1) is 13.2 Å². The first kappa shape index (κ1) is 19.2. The van der Waals surface area contributed by atoms with E-state index in [1.165, 1.54) is 50.5 Å². The van der Waals surface area contributed by atoms with E-state index in [4.69, 9.17) is 4.74 Å². The van der Waals surface area contributed by atoms with Crippen molar-refractivity contribution in [1.29, 1.82) is 0 Å². The molecule has 26 heavy (non-hydrogen) atoms. The molecule has 0 spiro atoms. The number of rotatable bonds is 8. The number of nitrogens with one attached hydrogen (secondary N) is 1. The predicted octanol–water partition coefficient (Wildman–Crippen LogP) is 4.31. The van der Waals surface area contributed by atoms with Crippen molar-refractivity contribution in [2.75, 3.05) is 26.7 Å². The number of methoxy groups -OCH3 is 1. The summed E-state index contributed by atoms with van der Waals surface area (Å²) in [5.74, 6) is 1.88. The monoisotopic (exact) mass is 358 g/mol. The maximum Gasteiger partial charge on any atom is 0.220 e. The van der Waals surface area contributed by atoms with Crippen LogP contribution < -0.4 is 10.1 Å². The smallest absolute Gasteiger partial charge is 0.220 e. The number of carbonyl (C=O) groups is 1. The Hall–Kier alpha value is -1.55. The second-order valence-corrected chi connectivity index (χ2v) is 7.85. The Morgan fingerprint density at radius 1 is 1.15 bits per heavy atom. The highest BCUT2D eigenvalue weighted by Gasteiger charge is 2.26. The van der Waals surface area contributed by atoms with Crippen LogP contribution in [0.5, 0.6) is 5.75 Å². The van der Waals surface area contributed by atoms with E-state index >= 15 is 0 Å². The zero-order chi connectivity index (χ0) is 18.2. The second kappa shape index (κ2) is 9.96. The molecule has 1 saturated heterocycles. The highest BCUT2D eigenvalue weighted by molar-refractivity contribution is 5.75. The third kappa shape index (κ3) is 5.23. The molecule has 0 bridgehead atoms. The molecule has 1 atom stereocenters. The quantitative estimate of drug-likeness (QED) is 0.753. The minimum atomic E-state index is 0.201. The third-order valence-corrected chi connectivity index (χ3v) is 6.08. The van der Waals surface area contributed by atoms with Gasteiger partial charge in [-0.25, -0.2) is 0 Å². The number of likely N-dealkylation sites (tertiary alicyclic amines) is 1. The van der Waals surface area contributed by atoms with Crippen molar-refractivity contribution >= 4 is 5.91 Å². The van der Waals surface area contributed by atoms with E-state index in [0.717, 1.165) is 31.2 Å². The molecule has 1 amide bonds. The van der Waals surface area contributed by atoms with Gasteiger partial charge in [-0.15, -0.1) is 0 Å². The molecule has 2 aliphatic rings. The van der Waals surface area contributed by atoms with Crippen LogP contribution in [0.1, 0.15) is 69.4 Å². The molecule has 1 N–H and O–H groups in total. The maximum absolute atomic E-state index is 12.4. The summed E-state index contributed by atoms with van der Waals surface area (Å²) in [6, 6.07) is 8.42. The van der Waals surface area contributed by atoms with Gasteiger partial charge in [-0.3, -0.25) is 9.69 Å². The van der Waals surface area contributed by atoms with Crippen molar-refractivity contribution in [1.82, 2.24) is 10.2 Å². The molecule has 0 aromatic heterocycles. The second-order valence-electron chi connectivity index (χ2n) is 7.85. The van der Waals surface area contributed by atoms with Crippen molar-refractivity contribution in [3.8, 4) is 5.75 Å². The van der Waals surface area contributed by atoms with Crippen LogP contribution in [0.2, 0.25) is 0 Å². The maximum atomic E-state index is 12.4. The summed E-state index contributed by atoms with van der Waals surface area (Å²) < 4.78 is 5.58. The molecule has 3 rings (SSSR count). The van der Waals surface area contributed by atoms with Gasteiger partial charge >= 0.3 is 0 Å². The van der Waals surface area contributed by atoms with Crippen LogP contribution in [0.3, 0.4) is 0 Å². The number of benzene rings is 1. The molecule has 4 heteroatoms. The van der Waals surface area contributed by atoms with Gasteiger partial charge in [0.2, 0.25) is 5.91 Å². The third-order valence-electron chi connectivity index (χ3n) is 6.08. The summed E-state index contributed by atoms with van der Waals surface area (Å²) in [6.45, 7) is 2.87. The SMILES string of the molecule is COc1ccccc1C(CNC(=O)CCC1CCCCC1)N1CCCC1. The Bertz CT molecular complexity index is 563. The molecular formula is C22H34N2O2. The summed E-state index contributed by atoms with van der Waals surface area (Å²) in [5.41, 5.74) is 1.18. The van der Waals surface area contributed by atoms with Crippen LogP contribution >= 0.6 is 0 Å². The standard InChI is InChI=1S/C22H34N2O2/c1-26-21-12-6-5-11-19(21)20(24-15-7-8-16-24)17-23-22(25)14-13-18-9-3-2-4-10-18/h5-6,11-12,18,20H,2-4,7-10,13-17H2,1H3,(H,23,25). The number of carbonyl (C=O) groups excluding carboxylic acids is 1. The van der Waals surface area contributed by atoms with Crippen LogP contribution in [-0.4, -0.2) is 37.6 Å². The summed E-state index contributed by atoms with van der Waals surface area (Å²) in [5, 5.41) is 3.21. The first-order chi connectivity index (χ1) is 12.8. The van der Waals surface area contributed by atoms with Crippen molar-refractivity contribution < 1.29 is 9.53 Å². The summed E-state index contributed by atoms with van der Waals surface area (Å²) >= 11 is 0. The van der Waals surface area contributed by atoms with Crippen LogP contribution in [-0.2, 0) is 4.79 Å². The van der Waals surface area contributed by atoms with E-state index in [1.807, 2.05) is 12.1 Å². The molecule has 1 aliphatic carbocycles. The highest BCUT2D eigenvalue weighted by atomic mass is 16.5. The van der Waals surface area contributed by atoms with Crippen LogP contribution in [0, 0.1) is 5.92 Å². The molecular weight excluding hydrogens is 324 g/mol.